The van der Waals surface area contributed by atoms with Crippen molar-refractivity contribution >= 4 is 44.7 Å². The van der Waals surface area contributed by atoms with E-state index in [0.29, 0.717) is 36.6 Å². The summed E-state index contributed by atoms with van der Waals surface area (Å²) in [4.78, 5) is 49.1. The van der Waals surface area contributed by atoms with E-state index >= 15 is 0 Å². The van der Waals surface area contributed by atoms with Crippen LogP contribution in [-0.4, -0.2) is 57.8 Å². The van der Waals surface area contributed by atoms with Crippen molar-refractivity contribution in [3.8, 4) is 9.88 Å². The molecule has 9 heteroatoms. The number of thiophene rings is 1. The Morgan fingerprint density at radius 3 is 2.32 bits per heavy atom. The topological polar surface area (TPSA) is 86.4 Å². The number of fused-ring (bicyclic) bond motifs is 1. The van der Waals surface area contributed by atoms with Gasteiger partial charge in [-0.15, -0.1) is 22.7 Å². The smallest absolute Gasteiger partial charge is 0.264 e. The number of nitrogens with one attached hydrogen (secondary N) is 1. The zero-order valence-electron chi connectivity index (χ0n) is 16.4. The van der Waals surface area contributed by atoms with Gasteiger partial charge in [-0.3, -0.25) is 14.4 Å². The third-order valence-electron chi connectivity index (χ3n) is 5.21. The van der Waals surface area contributed by atoms with E-state index in [1.807, 2.05) is 36.4 Å². The van der Waals surface area contributed by atoms with Crippen LogP contribution in [0, 0.1) is 0 Å². The van der Waals surface area contributed by atoms with Crippen molar-refractivity contribution in [2.24, 2.45) is 0 Å². The minimum absolute atomic E-state index is 0.0199. The Morgan fingerprint density at radius 1 is 0.871 bits per heavy atom. The number of aromatic amines is 1. The molecule has 1 aliphatic heterocycles. The van der Waals surface area contributed by atoms with E-state index in [2.05, 4.69) is 9.97 Å². The number of carbonyl (C=O) groups is 2. The van der Waals surface area contributed by atoms with Crippen LogP contribution in [-0.2, 0) is 0 Å². The molecule has 2 amide bonds. The average molecular weight is 451 g/mol. The third kappa shape index (κ3) is 3.89. The molecule has 4 aromatic rings. The zero-order valence-corrected chi connectivity index (χ0v) is 18.0. The van der Waals surface area contributed by atoms with Crippen LogP contribution in [0.15, 0.2) is 59.5 Å². The monoisotopic (exact) mass is 450 g/mol. The van der Waals surface area contributed by atoms with Gasteiger partial charge in [-0.1, -0.05) is 12.1 Å². The van der Waals surface area contributed by atoms with Crippen molar-refractivity contribution in [2.75, 3.05) is 26.2 Å². The molecule has 0 radical (unpaired) electrons. The first-order valence-corrected chi connectivity index (χ1v) is 11.4. The predicted molar refractivity (Wildman–Crippen MR) is 122 cm³/mol. The SMILES string of the molecule is O=C(c1ccc(=O)[nH]c1)N1CCN(C(=O)c2ccc(-c3nc4ccccc4s3)s2)CC1. The van der Waals surface area contributed by atoms with Crippen LogP contribution in [0.3, 0.4) is 0 Å². The summed E-state index contributed by atoms with van der Waals surface area (Å²) in [5, 5.41) is 0.918. The van der Waals surface area contributed by atoms with Gasteiger partial charge in [0.15, 0.2) is 0 Å². The Kier molecular flexibility index (Phi) is 5.13. The number of carbonyl (C=O) groups excluding carboxylic acids is 2. The molecule has 1 saturated heterocycles. The first-order chi connectivity index (χ1) is 15.1. The Balaban J connectivity index is 1.25. The molecule has 1 N–H and O–H groups in total. The third-order valence-corrected chi connectivity index (χ3v) is 7.49. The molecule has 0 spiro atoms. The summed E-state index contributed by atoms with van der Waals surface area (Å²) in [6.07, 6.45) is 1.43. The highest BCUT2D eigenvalue weighted by Crippen LogP contribution is 2.34. The summed E-state index contributed by atoms with van der Waals surface area (Å²) in [6, 6.07) is 14.7. The number of para-hydroxylation sites is 1. The highest BCUT2D eigenvalue weighted by molar-refractivity contribution is 7.26. The first-order valence-electron chi connectivity index (χ1n) is 9.81. The lowest BCUT2D eigenvalue weighted by molar-refractivity contribution is 0.0538. The number of nitrogens with zero attached hydrogens (tertiary/aromatic N) is 3. The summed E-state index contributed by atoms with van der Waals surface area (Å²) < 4.78 is 1.13. The fraction of sp³-hybridized carbons (Fsp3) is 0.182. The second-order valence-electron chi connectivity index (χ2n) is 7.18. The Hall–Kier alpha value is -3.30. The van der Waals surface area contributed by atoms with Gasteiger partial charge in [-0.05, 0) is 30.3 Å². The van der Waals surface area contributed by atoms with E-state index in [1.54, 1.807) is 21.1 Å². The molecule has 0 saturated carbocycles. The van der Waals surface area contributed by atoms with Crippen LogP contribution in [0.4, 0.5) is 0 Å². The summed E-state index contributed by atoms with van der Waals surface area (Å²) in [5.41, 5.74) is 1.17. The van der Waals surface area contributed by atoms with E-state index in [1.165, 1.54) is 29.7 Å². The molecule has 0 atom stereocenters. The van der Waals surface area contributed by atoms with Crippen LogP contribution in [0.2, 0.25) is 0 Å². The maximum absolute atomic E-state index is 13.0. The van der Waals surface area contributed by atoms with E-state index in [0.717, 1.165) is 20.1 Å². The van der Waals surface area contributed by atoms with Crippen LogP contribution < -0.4 is 5.56 Å². The first kappa shape index (κ1) is 19.7. The number of amides is 2. The number of benzene rings is 1. The molecule has 1 fully saturated rings. The normalized spacial score (nSPS) is 14.2. The molecule has 31 heavy (non-hydrogen) atoms. The Morgan fingerprint density at radius 2 is 1.61 bits per heavy atom. The van der Waals surface area contributed by atoms with Gasteiger partial charge in [0.1, 0.15) is 5.01 Å². The van der Waals surface area contributed by atoms with Gasteiger partial charge >= 0.3 is 0 Å². The van der Waals surface area contributed by atoms with Crippen molar-refractivity contribution in [2.45, 2.75) is 0 Å². The summed E-state index contributed by atoms with van der Waals surface area (Å²) >= 11 is 3.07. The number of aromatic nitrogens is 2. The fourth-order valence-corrected chi connectivity index (χ4v) is 5.53. The van der Waals surface area contributed by atoms with Crippen LogP contribution in [0.25, 0.3) is 20.1 Å². The van der Waals surface area contributed by atoms with Crippen LogP contribution >= 0.6 is 22.7 Å². The van der Waals surface area contributed by atoms with E-state index in [4.69, 9.17) is 0 Å². The highest BCUT2D eigenvalue weighted by atomic mass is 32.1. The number of thiazole rings is 1. The lowest BCUT2D eigenvalue weighted by atomic mass is 10.2. The molecule has 156 valence electrons. The molecule has 0 bridgehead atoms. The quantitative estimate of drug-likeness (QED) is 0.519. The molecule has 7 nitrogen and oxygen atoms in total. The van der Waals surface area contributed by atoms with E-state index in [-0.39, 0.29) is 17.4 Å². The van der Waals surface area contributed by atoms with Crippen molar-refractivity contribution in [1.29, 1.82) is 0 Å². The molecular weight excluding hydrogens is 432 g/mol. The summed E-state index contributed by atoms with van der Waals surface area (Å²) in [7, 11) is 0. The Bertz CT molecular complexity index is 1280. The van der Waals surface area contributed by atoms with Gasteiger partial charge in [0.2, 0.25) is 5.56 Å². The van der Waals surface area contributed by atoms with E-state index in [9.17, 15) is 14.4 Å². The number of rotatable bonds is 3. The second-order valence-corrected chi connectivity index (χ2v) is 9.29. The summed E-state index contributed by atoms with van der Waals surface area (Å²) in [5.74, 6) is -0.161. The van der Waals surface area contributed by atoms with Gasteiger partial charge in [0.05, 0.1) is 25.5 Å². The average Bonchev–Trinajstić information content (AvgIpc) is 3.46. The largest absolute Gasteiger partial charge is 0.335 e. The van der Waals surface area contributed by atoms with Crippen molar-refractivity contribution in [3.63, 3.8) is 0 Å². The van der Waals surface area contributed by atoms with Crippen molar-refractivity contribution < 1.29 is 9.59 Å². The molecule has 1 aliphatic rings. The number of hydrogen-bond acceptors (Lipinski definition) is 6. The van der Waals surface area contributed by atoms with Crippen molar-refractivity contribution in [3.05, 3.63) is 75.5 Å². The Labute approximate surface area is 185 Å². The van der Waals surface area contributed by atoms with Crippen molar-refractivity contribution in [1.82, 2.24) is 19.8 Å². The molecule has 3 aromatic heterocycles. The molecule has 5 rings (SSSR count). The summed E-state index contributed by atoms with van der Waals surface area (Å²) in [6.45, 7) is 1.87. The van der Waals surface area contributed by atoms with Gasteiger partial charge in [0.25, 0.3) is 11.8 Å². The maximum atomic E-state index is 13.0. The van der Waals surface area contributed by atoms with Gasteiger partial charge in [-0.2, -0.15) is 0 Å². The van der Waals surface area contributed by atoms with Gasteiger partial charge in [0, 0.05) is 38.4 Å². The second kappa shape index (κ2) is 8.09. The molecular formula is C22H18N4O3S2. The lowest BCUT2D eigenvalue weighted by Gasteiger charge is -2.34. The zero-order chi connectivity index (χ0) is 21.4. The van der Waals surface area contributed by atoms with Crippen LogP contribution in [0.1, 0.15) is 20.0 Å². The maximum Gasteiger partial charge on any atom is 0.264 e. The molecule has 1 aromatic carbocycles. The van der Waals surface area contributed by atoms with Gasteiger partial charge < -0.3 is 14.8 Å². The number of hydrogen-bond donors (Lipinski definition) is 1. The number of piperazine rings is 1. The minimum atomic E-state index is -0.242. The number of pyridine rings is 1. The van der Waals surface area contributed by atoms with Gasteiger partial charge in [-0.25, -0.2) is 4.98 Å². The molecule has 0 unspecified atom stereocenters. The highest BCUT2D eigenvalue weighted by Gasteiger charge is 2.26. The minimum Gasteiger partial charge on any atom is -0.335 e. The predicted octanol–water partition coefficient (Wildman–Crippen LogP) is 3.31. The lowest BCUT2D eigenvalue weighted by Crippen LogP contribution is -2.50. The fourth-order valence-electron chi connectivity index (χ4n) is 3.54. The standard InChI is InChI=1S/C22H18N4O3S2/c27-19-8-5-14(13-23-19)21(28)25-9-11-26(12-10-25)22(29)18-7-6-17(30-18)20-24-15-3-1-2-4-16(15)31-20/h1-8,13H,9-12H2,(H,23,27). The molecule has 0 aliphatic carbocycles. The number of H-pyrrole nitrogens is 1. The molecule has 4 heterocycles. The van der Waals surface area contributed by atoms with Crippen LogP contribution in [0.5, 0.6) is 0 Å². The van der Waals surface area contributed by atoms with E-state index < -0.39 is 0 Å².